The molecule has 2 aromatic carbocycles. The SMILES string of the molecule is CN(C)c1nc(NC2CCC(C(=O)NCc3cccc(NC(=O)C4CCCC4)c3)CC2)nc2ccccc12. The molecular weight excluding hydrogens is 476 g/mol. The van der Waals surface area contributed by atoms with Crippen LogP contribution < -0.4 is 20.9 Å². The summed E-state index contributed by atoms with van der Waals surface area (Å²) in [5, 5.41) is 10.7. The van der Waals surface area contributed by atoms with Gasteiger partial charge in [-0.05, 0) is 68.4 Å². The number of aromatic nitrogens is 2. The highest BCUT2D eigenvalue weighted by Crippen LogP contribution is 2.29. The van der Waals surface area contributed by atoms with Crippen molar-refractivity contribution in [2.24, 2.45) is 11.8 Å². The van der Waals surface area contributed by atoms with Crippen LogP contribution in [0.25, 0.3) is 10.9 Å². The summed E-state index contributed by atoms with van der Waals surface area (Å²) in [6.45, 7) is 0.461. The first-order valence-corrected chi connectivity index (χ1v) is 13.8. The van der Waals surface area contributed by atoms with Crippen molar-refractivity contribution in [3.63, 3.8) is 0 Å². The molecule has 8 heteroatoms. The number of hydrogen-bond donors (Lipinski definition) is 3. The second kappa shape index (κ2) is 11.8. The molecule has 0 aliphatic heterocycles. The van der Waals surface area contributed by atoms with Crippen molar-refractivity contribution < 1.29 is 9.59 Å². The Hall–Kier alpha value is -3.68. The van der Waals surface area contributed by atoms with Crippen molar-refractivity contribution in [3.8, 4) is 0 Å². The summed E-state index contributed by atoms with van der Waals surface area (Å²) in [6.07, 6.45) is 7.68. The number of fused-ring (bicyclic) bond motifs is 1. The quantitative estimate of drug-likeness (QED) is 0.386. The molecule has 1 heterocycles. The Balaban J connectivity index is 1.11. The predicted molar refractivity (Wildman–Crippen MR) is 152 cm³/mol. The van der Waals surface area contributed by atoms with E-state index in [0.717, 1.165) is 79.3 Å². The minimum absolute atomic E-state index is 0.00756. The molecule has 2 aliphatic carbocycles. The smallest absolute Gasteiger partial charge is 0.227 e. The van der Waals surface area contributed by atoms with Gasteiger partial charge in [-0.15, -0.1) is 0 Å². The monoisotopic (exact) mass is 514 g/mol. The number of rotatable bonds is 8. The van der Waals surface area contributed by atoms with Gasteiger partial charge in [0.15, 0.2) is 0 Å². The molecule has 2 amide bonds. The maximum absolute atomic E-state index is 12.9. The topological polar surface area (TPSA) is 99.3 Å². The number of nitrogens with zero attached hydrogens (tertiary/aromatic N) is 3. The highest BCUT2D eigenvalue weighted by molar-refractivity contribution is 5.93. The van der Waals surface area contributed by atoms with Gasteiger partial charge >= 0.3 is 0 Å². The fourth-order valence-electron chi connectivity index (χ4n) is 5.67. The number of para-hydroxylation sites is 1. The molecule has 38 heavy (non-hydrogen) atoms. The summed E-state index contributed by atoms with van der Waals surface area (Å²) >= 11 is 0. The summed E-state index contributed by atoms with van der Waals surface area (Å²) in [6, 6.07) is 16.1. The first kappa shape index (κ1) is 25.9. The zero-order valence-corrected chi connectivity index (χ0v) is 22.4. The lowest BCUT2D eigenvalue weighted by atomic mass is 9.85. The lowest BCUT2D eigenvalue weighted by Gasteiger charge is -2.28. The molecule has 0 radical (unpaired) electrons. The average Bonchev–Trinajstić information content (AvgIpc) is 3.47. The van der Waals surface area contributed by atoms with Gasteiger partial charge in [0.25, 0.3) is 0 Å². The van der Waals surface area contributed by atoms with Crippen LogP contribution in [-0.2, 0) is 16.1 Å². The minimum Gasteiger partial charge on any atom is -0.362 e. The van der Waals surface area contributed by atoms with Crippen molar-refractivity contribution in [3.05, 3.63) is 54.1 Å². The number of benzene rings is 2. The zero-order valence-electron chi connectivity index (χ0n) is 22.4. The second-order valence-electron chi connectivity index (χ2n) is 10.9. The molecule has 0 unspecified atom stereocenters. The van der Waals surface area contributed by atoms with Crippen LogP contribution in [0, 0.1) is 11.8 Å². The van der Waals surface area contributed by atoms with E-state index in [1.807, 2.05) is 67.5 Å². The number of carbonyl (C=O) groups is 2. The number of carbonyl (C=O) groups excluding carboxylic acids is 2. The van der Waals surface area contributed by atoms with Crippen LogP contribution in [0.4, 0.5) is 17.5 Å². The lowest BCUT2D eigenvalue weighted by Crippen LogP contribution is -2.36. The third kappa shape index (κ3) is 6.23. The number of nitrogens with one attached hydrogen (secondary N) is 3. The van der Waals surface area contributed by atoms with Gasteiger partial charge < -0.3 is 20.9 Å². The van der Waals surface area contributed by atoms with E-state index in [0.29, 0.717) is 12.5 Å². The third-order valence-electron chi connectivity index (χ3n) is 7.83. The average molecular weight is 515 g/mol. The van der Waals surface area contributed by atoms with Crippen LogP contribution in [0.5, 0.6) is 0 Å². The predicted octanol–water partition coefficient (Wildman–Crippen LogP) is 5.11. The van der Waals surface area contributed by atoms with Gasteiger partial charge in [0, 0.05) is 49.6 Å². The molecule has 1 aromatic heterocycles. The largest absolute Gasteiger partial charge is 0.362 e. The summed E-state index contributed by atoms with van der Waals surface area (Å²) in [5.41, 5.74) is 2.71. The van der Waals surface area contributed by atoms with E-state index in [-0.39, 0.29) is 29.7 Å². The van der Waals surface area contributed by atoms with Crippen molar-refractivity contribution in [2.45, 2.75) is 64.0 Å². The standard InChI is InChI=1S/C30H38N6O2/c1-36(2)27-25-12-5-6-13-26(25)34-30(35-27)33-23-16-14-22(15-17-23)28(37)31-19-20-8-7-11-24(18-20)32-29(38)21-9-3-4-10-21/h5-8,11-13,18,21-23H,3-4,9-10,14-17,19H2,1-2H3,(H,31,37)(H,32,38)(H,33,34,35). The lowest BCUT2D eigenvalue weighted by molar-refractivity contribution is -0.126. The van der Waals surface area contributed by atoms with Gasteiger partial charge in [-0.1, -0.05) is 37.1 Å². The van der Waals surface area contributed by atoms with E-state index in [1.54, 1.807) is 0 Å². The molecule has 0 saturated heterocycles. The Morgan fingerprint density at radius 1 is 0.868 bits per heavy atom. The van der Waals surface area contributed by atoms with Crippen molar-refractivity contribution in [2.75, 3.05) is 29.6 Å². The summed E-state index contributed by atoms with van der Waals surface area (Å²) in [7, 11) is 3.98. The maximum Gasteiger partial charge on any atom is 0.227 e. The first-order chi connectivity index (χ1) is 18.5. The van der Waals surface area contributed by atoms with Crippen molar-refractivity contribution >= 4 is 40.2 Å². The molecule has 2 fully saturated rings. The highest BCUT2D eigenvalue weighted by atomic mass is 16.2. The maximum atomic E-state index is 12.9. The van der Waals surface area contributed by atoms with E-state index in [4.69, 9.17) is 9.97 Å². The van der Waals surface area contributed by atoms with E-state index in [2.05, 4.69) is 16.0 Å². The van der Waals surface area contributed by atoms with E-state index in [1.165, 1.54) is 0 Å². The summed E-state index contributed by atoms with van der Waals surface area (Å²) < 4.78 is 0. The Morgan fingerprint density at radius 2 is 1.61 bits per heavy atom. The minimum atomic E-state index is 0.00756. The van der Waals surface area contributed by atoms with Gasteiger partial charge in [0.05, 0.1) is 5.52 Å². The molecule has 200 valence electrons. The molecule has 5 rings (SSSR count). The Bertz CT molecular complexity index is 1280. The van der Waals surface area contributed by atoms with Crippen molar-refractivity contribution in [1.29, 1.82) is 0 Å². The van der Waals surface area contributed by atoms with E-state index >= 15 is 0 Å². The van der Waals surface area contributed by atoms with Gasteiger partial charge in [-0.25, -0.2) is 4.98 Å². The molecule has 0 bridgehead atoms. The molecule has 2 aliphatic rings. The van der Waals surface area contributed by atoms with Crippen LogP contribution in [0.1, 0.15) is 56.9 Å². The van der Waals surface area contributed by atoms with Gasteiger partial charge in [-0.2, -0.15) is 4.98 Å². The second-order valence-corrected chi connectivity index (χ2v) is 10.9. The fraction of sp³-hybridized carbons (Fsp3) is 0.467. The molecule has 2 saturated carbocycles. The van der Waals surface area contributed by atoms with Gasteiger partial charge in [0.2, 0.25) is 17.8 Å². The van der Waals surface area contributed by atoms with Crippen molar-refractivity contribution in [1.82, 2.24) is 15.3 Å². The summed E-state index contributed by atoms with van der Waals surface area (Å²) in [4.78, 5) is 36.8. The number of hydrogen-bond acceptors (Lipinski definition) is 6. The first-order valence-electron chi connectivity index (χ1n) is 13.8. The van der Waals surface area contributed by atoms with E-state index < -0.39 is 0 Å². The Kier molecular flexibility index (Phi) is 8.05. The van der Waals surface area contributed by atoms with Gasteiger partial charge in [0.1, 0.15) is 5.82 Å². The zero-order chi connectivity index (χ0) is 26.5. The van der Waals surface area contributed by atoms with Gasteiger partial charge in [-0.3, -0.25) is 9.59 Å². The van der Waals surface area contributed by atoms with Crippen LogP contribution in [0.3, 0.4) is 0 Å². The van der Waals surface area contributed by atoms with Crippen LogP contribution in [0.15, 0.2) is 48.5 Å². The fourth-order valence-corrected chi connectivity index (χ4v) is 5.67. The molecular formula is C30H38N6O2. The van der Waals surface area contributed by atoms with Crippen LogP contribution >= 0.6 is 0 Å². The molecule has 3 N–H and O–H groups in total. The van der Waals surface area contributed by atoms with Crippen LogP contribution in [-0.4, -0.2) is 41.9 Å². The normalized spacial score (nSPS) is 19.7. The highest BCUT2D eigenvalue weighted by Gasteiger charge is 2.27. The Labute approximate surface area is 224 Å². The van der Waals surface area contributed by atoms with E-state index in [9.17, 15) is 9.59 Å². The molecule has 0 atom stereocenters. The third-order valence-corrected chi connectivity index (χ3v) is 7.83. The Morgan fingerprint density at radius 3 is 2.37 bits per heavy atom. The molecule has 8 nitrogen and oxygen atoms in total. The number of anilines is 3. The van der Waals surface area contributed by atoms with Crippen LogP contribution in [0.2, 0.25) is 0 Å². The number of amides is 2. The molecule has 3 aromatic rings. The summed E-state index contributed by atoms with van der Waals surface area (Å²) in [5.74, 6) is 1.88. The molecule has 0 spiro atoms.